The largest absolute Gasteiger partial charge is 0.370 e. The Bertz CT molecular complexity index is 545. The van der Waals surface area contributed by atoms with Crippen LogP contribution in [0.5, 0.6) is 0 Å². The summed E-state index contributed by atoms with van der Waals surface area (Å²) in [7, 11) is -0.137. The van der Waals surface area contributed by atoms with Gasteiger partial charge in [-0.25, -0.2) is 22.7 Å². The third kappa shape index (κ3) is 5.84. The predicted octanol–water partition coefficient (Wildman–Crippen LogP) is 1.16. The number of rotatable bonds is 9. The van der Waals surface area contributed by atoms with Crippen molar-refractivity contribution in [2.45, 2.75) is 26.7 Å². The van der Waals surface area contributed by atoms with Gasteiger partial charge in [-0.15, -0.1) is 0 Å². The molecule has 0 amide bonds. The van der Waals surface area contributed by atoms with Crippen molar-refractivity contribution in [3.63, 3.8) is 0 Å². The van der Waals surface area contributed by atoms with E-state index in [9.17, 15) is 8.42 Å². The Morgan fingerprint density at radius 1 is 1.10 bits per heavy atom. The third-order valence-electron chi connectivity index (χ3n) is 2.87. The molecule has 1 aromatic rings. The van der Waals surface area contributed by atoms with Gasteiger partial charge in [0, 0.05) is 39.7 Å². The molecular formula is C13H25N5O2S. The number of aryl methyl sites for hydroxylation is 1. The fraction of sp³-hybridized carbons (Fsp3) is 0.692. The summed E-state index contributed by atoms with van der Waals surface area (Å²) in [5, 5.41) is 6.27. The van der Waals surface area contributed by atoms with E-state index in [1.807, 2.05) is 6.92 Å². The highest BCUT2D eigenvalue weighted by atomic mass is 32.2. The number of nitrogens with zero attached hydrogens (tertiary/aromatic N) is 3. The van der Waals surface area contributed by atoms with Gasteiger partial charge in [-0.1, -0.05) is 13.8 Å². The topological polar surface area (TPSA) is 87.2 Å². The molecule has 1 rings (SSSR count). The van der Waals surface area contributed by atoms with Crippen LogP contribution in [0, 0.1) is 0 Å². The van der Waals surface area contributed by atoms with Crippen molar-refractivity contribution in [2.24, 2.45) is 0 Å². The number of sulfonamides is 1. The van der Waals surface area contributed by atoms with E-state index in [4.69, 9.17) is 0 Å². The van der Waals surface area contributed by atoms with Gasteiger partial charge in [0.2, 0.25) is 10.0 Å². The molecule has 7 nitrogen and oxygen atoms in total. The number of hydrogen-bond acceptors (Lipinski definition) is 6. The van der Waals surface area contributed by atoms with E-state index in [1.54, 1.807) is 6.07 Å². The third-order valence-corrected chi connectivity index (χ3v) is 4.70. The lowest BCUT2D eigenvalue weighted by Gasteiger charge is -2.13. The fourth-order valence-electron chi connectivity index (χ4n) is 1.58. The molecule has 0 atom stereocenters. The summed E-state index contributed by atoms with van der Waals surface area (Å²) >= 11 is 0. The standard InChI is InChI=1S/C13H25N5O2S/c1-5-7-14-12-10-13(17-11(6-2)16-12)15-8-9-21(19,20)18(3)4/h10H,5-9H2,1-4H3,(H2,14,15,16,17). The molecule has 0 radical (unpaired) electrons. The van der Waals surface area contributed by atoms with Gasteiger partial charge in [0.05, 0.1) is 5.75 Å². The summed E-state index contributed by atoms with van der Waals surface area (Å²) in [6, 6.07) is 1.80. The molecule has 1 heterocycles. The van der Waals surface area contributed by atoms with E-state index in [-0.39, 0.29) is 5.75 Å². The molecule has 0 saturated carbocycles. The molecule has 120 valence electrons. The van der Waals surface area contributed by atoms with Crippen LogP contribution in [0.15, 0.2) is 6.07 Å². The first kappa shape index (κ1) is 17.6. The van der Waals surface area contributed by atoms with Gasteiger partial charge in [-0.3, -0.25) is 0 Å². The molecule has 8 heteroatoms. The maximum Gasteiger partial charge on any atom is 0.215 e. The van der Waals surface area contributed by atoms with E-state index in [0.29, 0.717) is 12.4 Å². The average molecular weight is 315 g/mol. The van der Waals surface area contributed by atoms with Crippen LogP contribution in [-0.4, -0.2) is 55.6 Å². The first-order valence-electron chi connectivity index (χ1n) is 7.15. The van der Waals surface area contributed by atoms with Crippen LogP contribution in [0.4, 0.5) is 11.6 Å². The van der Waals surface area contributed by atoms with Crippen LogP contribution < -0.4 is 10.6 Å². The lowest BCUT2D eigenvalue weighted by Crippen LogP contribution is -2.28. The molecule has 0 aliphatic heterocycles. The van der Waals surface area contributed by atoms with Crippen LogP contribution in [0.3, 0.4) is 0 Å². The number of hydrogen-bond donors (Lipinski definition) is 2. The van der Waals surface area contributed by atoms with Crippen LogP contribution in [0.2, 0.25) is 0 Å². The molecule has 0 aliphatic carbocycles. The number of nitrogens with one attached hydrogen (secondary N) is 2. The normalized spacial score (nSPS) is 11.7. The van der Waals surface area contributed by atoms with Crippen LogP contribution in [0.1, 0.15) is 26.1 Å². The SMILES string of the molecule is CCCNc1cc(NCCS(=O)(=O)N(C)C)nc(CC)n1. The Kier molecular flexibility index (Phi) is 6.83. The second kappa shape index (κ2) is 8.14. The van der Waals surface area contributed by atoms with Crippen molar-refractivity contribution in [2.75, 3.05) is 43.6 Å². The molecule has 0 spiro atoms. The van der Waals surface area contributed by atoms with Crippen molar-refractivity contribution < 1.29 is 8.42 Å². The van der Waals surface area contributed by atoms with Crippen molar-refractivity contribution in [1.82, 2.24) is 14.3 Å². The van der Waals surface area contributed by atoms with Crippen molar-refractivity contribution in [3.05, 3.63) is 11.9 Å². The minimum absolute atomic E-state index is 0.0309. The van der Waals surface area contributed by atoms with E-state index in [1.165, 1.54) is 18.4 Å². The highest BCUT2D eigenvalue weighted by Crippen LogP contribution is 2.12. The molecule has 21 heavy (non-hydrogen) atoms. The highest BCUT2D eigenvalue weighted by Gasteiger charge is 2.13. The molecule has 0 saturated heterocycles. The summed E-state index contributed by atoms with van der Waals surface area (Å²) in [4.78, 5) is 8.74. The van der Waals surface area contributed by atoms with Gasteiger partial charge >= 0.3 is 0 Å². The second-order valence-corrected chi connectivity index (χ2v) is 7.16. The van der Waals surface area contributed by atoms with Crippen molar-refractivity contribution >= 4 is 21.7 Å². The minimum Gasteiger partial charge on any atom is -0.370 e. The van der Waals surface area contributed by atoms with E-state index < -0.39 is 10.0 Å². The molecule has 0 bridgehead atoms. The van der Waals surface area contributed by atoms with E-state index in [2.05, 4.69) is 27.5 Å². The highest BCUT2D eigenvalue weighted by molar-refractivity contribution is 7.89. The van der Waals surface area contributed by atoms with Gasteiger partial charge in [0.15, 0.2) is 0 Å². The summed E-state index contributed by atoms with van der Waals surface area (Å²) in [6.07, 6.45) is 1.74. The quantitative estimate of drug-likeness (QED) is 0.711. The maximum atomic E-state index is 11.7. The average Bonchev–Trinajstić information content (AvgIpc) is 2.44. The zero-order valence-electron chi connectivity index (χ0n) is 13.2. The molecule has 0 aliphatic rings. The van der Waals surface area contributed by atoms with Gasteiger partial charge in [0.1, 0.15) is 17.5 Å². The fourth-order valence-corrected chi connectivity index (χ4v) is 2.31. The first-order chi connectivity index (χ1) is 9.89. The minimum atomic E-state index is -3.20. The van der Waals surface area contributed by atoms with Gasteiger partial charge in [0.25, 0.3) is 0 Å². The van der Waals surface area contributed by atoms with E-state index >= 15 is 0 Å². The lowest BCUT2D eigenvalue weighted by atomic mass is 10.4. The number of aromatic nitrogens is 2. The van der Waals surface area contributed by atoms with Crippen molar-refractivity contribution in [1.29, 1.82) is 0 Å². The number of anilines is 2. The monoisotopic (exact) mass is 315 g/mol. The Balaban J connectivity index is 2.69. The predicted molar refractivity (Wildman–Crippen MR) is 86.2 cm³/mol. The van der Waals surface area contributed by atoms with Gasteiger partial charge in [-0.2, -0.15) is 0 Å². The van der Waals surface area contributed by atoms with Crippen molar-refractivity contribution in [3.8, 4) is 0 Å². The summed E-state index contributed by atoms with van der Waals surface area (Å²) in [5.41, 5.74) is 0. The second-order valence-electron chi connectivity index (χ2n) is 4.86. The van der Waals surface area contributed by atoms with Gasteiger partial charge < -0.3 is 10.6 Å². The smallest absolute Gasteiger partial charge is 0.215 e. The summed E-state index contributed by atoms with van der Waals surface area (Å²) in [6.45, 7) is 5.22. The van der Waals surface area contributed by atoms with Crippen LogP contribution >= 0.6 is 0 Å². The molecule has 0 aromatic carbocycles. The zero-order chi connectivity index (χ0) is 15.9. The maximum absolute atomic E-state index is 11.7. The molecule has 1 aromatic heterocycles. The van der Waals surface area contributed by atoms with E-state index in [0.717, 1.165) is 31.0 Å². The summed E-state index contributed by atoms with van der Waals surface area (Å²) < 4.78 is 24.6. The molecular weight excluding hydrogens is 290 g/mol. The summed E-state index contributed by atoms with van der Waals surface area (Å²) in [5.74, 6) is 2.17. The van der Waals surface area contributed by atoms with Crippen LogP contribution in [0.25, 0.3) is 0 Å². The molecule has 0 fully saturated rings. The zero-order valence-corrected chi connectivity index (χ0v) is 14.0. The van der Waals surface area contributed by atoms with Crippen LogP contribution in [-0.2, 0) is 16.4 Å². The first-order valence-corrected chi connectivity index (χ1v) is 8.75. The Hall–Kier alpha value is -1.41. The molecule has 0 unspecified atom stereocenters. The van der Waals surface area contributed by atoms with Gasteiger partial charge in [-0.05, 0) is 6.42 Å². The Morgan fingerprint density at radius 3 is 2.14 bits per heavy atom. The Morgan fingerprint density at radius 2 is 1.67 bits per heavy atom. The molecule has 2 N–H and O–H groups in total. The Labute approximate surface area is 127 Å². The lowest BCUT2D eigenvalue weighted by molar-refractivity contribution is 0.521.